The molecule has 2 amide bonds. The zero-order valence-electron chi connectivity index (χ0n) is 18.7. The third-order valence-corrected chi connectivity index (χ3v) is 6.25. The summed E-state index contributed by atoms with van der Waals surface area (Å²) in [5, 5.41) is 15.1. The molecule has 3 rings (SSSR count). The van der Waals surface area contributed by atoms with Crippen molar-refractivity contribution in [2.45, 2.75) is 46.5 Å². The van der Waals surface area contributed by atoms with Gasteiger partial charge in [0.2, 0.25) is 5.01 Å². The molecule has 1 atom stereocenters. The van der Waals surface area contributed by atoms with Gasteiger partial charge >= 0.3 is 0 Å². The summed E-state index contributed by atoms with van der Waals surface area (Å²) in [6, 6.07) is 6.98. The lowest BCUT2D eigenvalue weighted by molar-refractivity contribution is 0.0948. The molecular weight excluding hydrogens is 410 g/mol. The van der Waals surface area contributed by atoms with Crippen molar-refractivity contribution in [3.63, 3.8) is 0 Å². The lowest BCUT2D eigenvalue weighted by Crippen LogP contribution is -2.36. The van der Waals surface area contributed by atoms with Gasteiger partial charge in [0.05, 0.1) is 0 Å². The molecule has 168 valence electrons. The molecule has 31 heavy (non-hydrogen) atoms. The van der Waals surface area contributed by atoms with E-state index in [0.717, 1.165) is 43.4 Å². The van der Waals surface area contributed by atoms with Crippen LogP contribution in [0.1, 0.15) is 65.2 Å². The summed E-state index contributed by atoms with van der Waals surface area (Å²) < 4.78 is 0. The Morgan fingerprint density at radius 3 is 2.87 bits per heavy atom. The van der Waals surface area contributed by atoms with Crippen molar-refractivity contribution in [3.8, 4) is 0 Å². The largest absolute Gasteiger partial charge is 0.352 e. The first-order valence-electron chi connectivity index (χ1n) is 11.1. The van der Waals surface area contributed by atoms with Gasteiger partial charge in [-0.1, -0.05) is 38.2 Å². The van der Waals surface area contributed by atoms with Crippen LogP contribution < -0.4 is 10.6 Å². The Morgan fingerprint density at radius 1 is 1.26 bits per heavy atom. The molecule has 0 saturated carbocycles. The number of nitrogens with one attached hydrogen (secondary N) is 2. The van der Waals surface area contributed by atoms with E-state index in [1.165, 1.54) is 24.2 Å². The van der Waals surface area contributed by atoms with E-state index >= 15 is 0 Å². The summed E-state index contributed by atoms with van der Waals surface area (Å²) in [6.07, 6.45) is 4.32. The number of rotatable bonds is 9. The second-order valence-electron chi connectivity index (χ2n) is 8.79. The van der Waals surface area contributed by atoms with Crippen LogP contribution in [0.3, 0.4) is 0 Å². The number of aromatic nitrogens is 2. The number of carbonyl (C=O) groups excluding carboxylic acids is 2. The summed E-state index contributed by atoms with van der Waals surface area (Å²) in [6.45, 7) is 10.5. The number of likely N-dealkylation sites (tertiary alicyclic amines) is 1. The lowest BCUT2D eigenvalue weighted by Gasteiger charge is -2.30. The Bertz CT molecular complexity index is 882. The number of anilines is 1. The fourth-order valence-electron chi connectivity index (χ4n) is 3.80. The lowest BCUT2D eigenvalue weighted by atomic mass is 10.0. The van der Waals surface area contributed by atoms with Gasteiger partial charge in [-0.3, -0.25) is 9.59 Å². The van der Waals surface area contributed by atoms with Crippen LogP contribution in [0.2, 0.25) is 0 Å². The molecular formula is C23H33N5O2S. The van der Waals surface area contributed by atoms with Crippen molar-refractivity contribution in [2.75, 3.05) is 31.5 Å². The second kappa shape index (κ2) is 11.3. The topological polar surface area (TPSA) is 87.2 Å². The molecule has 2 aromatic rings. The van der Waals surface area contributed by atoms with Crippen molar-refractivity contribution in [1.29, 1.82) is 0 Å². The minimum absolute atomic E-state index is 0.127. The monoisotopic (exact) mass is 443 g/mol. The SMILES string of the molecule is CC(C)Cc1nnc(C(=O)Nc2cccc(C(=O)NCCCN3CCC[C@@H](C)C3)c2)s1. The van der Waals surface area contributed by atoms with Gasteiger partial charge in [-0.05, 0) is 62.4 Å². The van der Waals surface area contributed by atoms with Gasteiger partial charge in [0.15, 0.2) is 0 Å². The second-order valence-corrected chi connectivity index (χ2v) is 9.85. The number of nitrogens with zero attached hydrogens (tertiary/aromatic N) is 3. The van der Waals surface area contributed by atoms with Crippen molar-refractivity contribution >= 4 is 28.8 Å². The van der Waals surface area contributed by atoms with E-state index in [9.17, 15) is 9.59 Å². The average molecular weight is 444 g/mol. The zero-order chi connectivity index (χ0) is 22.2. The highest BCUT2D eigenvalue weighted by Gasteiger charge is 2.16. The van der Waals surface area contributed by atoms with Gasteiger partial charge in [0.25, 0.3) is 11.8 Å². The van der Waals surface area contributed by atoms with Crippen molar-refractivity contribution in [1.82, 2.24) is 20.4 Å². The number of hydrogen-bond acceptors (Lipinski definition) is 6. The summed E-state index contributed by atoms with van der Waals surface area (Å²) in [4.78, 5) is 27.5. The molecule has 1 aromatic heterocycles. The first-order chi connectivity index (χ1) is 14.9. The van der Waals surface area contributed by atoms with E-state index in [2.05, 4.69) is 46.5 Å². The molecule has 1 saturated heterocycles. The quantitative estimate of drug-likeness (QED) is 0.575. The van der Waals surface area contributed by atoms with Crippen molar-refractivity contribution in [2.24, 2.45) is 11.8 Å². The van der Waals surface area contributed by atoms with Crippen molar-refractivity contribution in [3.05, 3.63) is 39.8 Å². The van der Waals surface area contributed by atoms with E-state index < -0.39 is 0 Å². The van der Waals surface area contributed by atoms with Gasteiger partial charge in [-0.2, -0.15) is 0 Å². The maximum Gasteiger partial charge on any atom is 0.286 e. The number of carbonyl (C=O) groups is 2. The maximum absolute atomic E-state index is 12.5. The minimum Gasteiger partial charge on any atom is -0.352 e. The third-order valence-electron chi connectivity index (χ3n) is 5.30. The summed E-state index contributed by atoms with van der Waals surface area (Å²) >= 11 is 1.31. The van der Waals surface area contributed by atoms with E-state index in [-0.39, 0.29) is 11.8 Å². The highest BCUT2D eigenvalue weighted by Crippen LogP contribution is 2.17. The van der Waals surface area contributed by atoms with Crippen molar-refractivity contribution < 1.29 is 9.59 Å². The third kappa shape index (κ3) is 7.40. The summed E-state index contributed by atoms with van der Waals surface area (Å²) in [7, 11) is 0. The standard InChI is InChI=1S/C23H33N5O2S/c1-16(2)13-20-26-27-23(31-20)22(30)25-19-9-4-8-18(14-19)21(29)24-10-6-12-28-11-5-7-17(3)15-28/h4,8-9,14,16-17H,5-7,10-13,15H2,1-3H3,(H,24,29)(H,25,30)/t17-/m1/s1. The molecule has 2 heterocycles. The number of amides is 2. The molecule has 0 unspecified atom stereocenters. The molecule has 1 aliphatic rings. The van der Waals surface area contributed by atoms with Crippen LogP contribution in [-0.4, -0.2) is 53.1 Å². The molecule has 2 N–H and O–H groups in total. The normalized spacial score (nSPS) is 17.0. The minimum atomic E-state index is -0.305. The molecule has 0 radical (unpaired) electrons. The van der Waals surface area contributed by atoms with Crippen LogP contribution in [0.15, 0.2) is 24.3 Å². The highest BCUT2D eigenvalue weighted by molar-refractivity contribution is 7.13. The van der Waals surface area contributed by atoms with Gasteiger partial charge in [-0.15, -0.1) is 10.2 Å². The molecule has 1 fully saturated rings. The molecule has 0 aliphatic carbocycles. The smallest absolute Gasteiger partial charge is 0.286 e. The summed E-state index contributed by atoms with van der Waals surface area (Å²) in [5.41, 5.74) is 1.10. The Labute approximate surface area is 188 Å². The van der Waals surface area contributed by atoms with Crippen LogP contribution in [0, 0.1) is 11.8 Å². The van der Waals surface area contributed by atoms with E-state index in [1.807, 2.05) is 0 Å². The molecule has 0 bridgehead atoms. The highest BCUT2D eigenvalue weighted by atomic mass is 32.1. The molecule has 8 heteroatoms. The average Bonchev–Trinajstić information content (AvgIpc) is 3.19. The Kier molecular flexibility index (Phi) is 8.54. The molecule has 0 spiro atoms. The molecule has 1 aliphatic heterocycles. The molecule has 1 aromatic carbocycles. The number of benzene rings is 1. The zero-order valence-corrected chi connectivity index (χ0v) is 19.5. The predicted octanol–water partition coefficient (Wildman–Crippen LogP) is 3.84. The number of hydrogen-bond donors (Lipinski definition) is 2. The Balaban J connectivity index is 1.47. The number of piperidine rings is 1. The van der Waals surface area contributed by atoms with Crippen LogP contribution in [0.5, 0.6) is 0 Å². The summed E-state index contributed by atoms with van der Waals surface area (Å²) in [5.74, 6) is 0.796. The Morgan fingerprint density at radius 2 is 2.10 bits per heavy atom. The van der Waals surface area contributed by atoms with E-state index in [0.29, 0.717) is 28.7 Å². The van der Waals surface area contributed by atoms with E-state index in [4.69, 9.17) is 0 Å². The fraction of sp³-hybridized carbons (Fsp3) is 0.565. The van der Waals surface area contributed by atoms with Gasteiger partial charge < -0.3 is 15.5 Å². The van der Waals surface area contributed by atoms with Crippen LogP contribution >= 0.6 is 11.3 Å². The first-order valence-corrected chi connectivity index (χ1v) is 12.0. The first kappa shape index (κ1) is 23.3. The van der Waals surface area contributed by atoms with Gasteiger partial charge in [0.1, 0.15) is 5.01 Å². The van der Waals surface area contributed by atoms with E-state index in [1.54, 1.807) is 24.3 Å². The van der Waals surface area contributed by atoms with Crippen LogP contribution in [0.25, 0.3) is 0 Å². The van der Waals surface area contributed by atoms with Crippen LogP contribution in [0.4, 0.5) is 5.69 Å². The molecule has 7 nitrogen and oxygen atoms in total. The van der Waals surface area contributed by atoms with Gasteiger partial charge in [0, 0.05) is 30.8 Å². The van der Waals surface area contributed by atoms with Crippen LogP contribution in [-0.2, 0) is 6.42 Å². The Hall–Kier alpha value is -2.32. The predicted molar refractivity (Wildman–Crippen MR) is 125 cm³/mol. The fourth-order valence-corrected chi connectivity index (χ4v) is 4.74. The maximum atomic E-state index is 12.5. The van der Waals surface area contributed by atoms with Gasteiger partial charge in [-0.25, -0.2) is 0 Å².